The molecule has 0 heterocycles. The summed E-state index contributed by atoms with van der Waals surface area (Å²) in [6.07, 6.45) is 1.66. The molecule has 3 heteroatoms. The maximum Gasteiger partial charge on any atom is 0.0520 e. The Balaban J connectivity index is 3.36. The molecule has 16 heavy (non-hydrogen) atoms. The molecule has 0 saturated heterocycles. The molecule has 0 radical (unpaired) electrons. The Kier molecular flexibility index (Phi) is 3.38. The van der Waals surface area contributed by atoms with Crippen molar-refractivity contribution >= 4 is 21.3 Å². The van der Waals surface area contributed by atoms with Gasteiger partial charge in [0.1, 0.15) is 0 Å². The zero-order valence-corrected chi connectivity index (χ0v) is 11.6. The van der Waals surface area contributed by atoms with Crippen LogP contribution in [0, 0.1) is 0 Å². The van der Waals surface area contributed by atoms with Gasteiger partial charge in [-0.1, -0.05) is 39.0 Å². The molecular weight excluding hydrogens is 218 g/mol. The largest absolute Gasteiger partial charge is 0.303 e. The molecule has 0 N–H and O–H groups in total. The van der Waals surface area contributed by atoms with E-state index in [9.17, 15) is 4.21 Å². The molecule has 0 bridgehead atoms. The number of hydrogen-bond acceptors (Lipinski definition) is 1. The second-order valence-electron chi connectivity index (χ2n) is 5.22. The molecule has 1 rings (SSSR count). The topological polar surface area (TPSA) is 20.3 Å². The second kappa shape index (κ2) is 4.13. The minimum atomic E-state index is -2.21. The standard InChI is InChI=1S/C13H21NOS/c1-13(2,3)11-9-7-8-10-12(11)14(4)16(5,6)15/h7-10H,5H2,1-4,6H3. The molecule has 0 amide bonds. The Morgan fingerprint density at radius 3 is 2.19 bits per heavy atom. The number of para-hydroxylation sites is 1. The van der Waals surface area contributed by atoms with Crippen LogP contribution in [-0.4, -0.2) is 23.4 Å². The van der Waals surface area contributed by atoms with E-state index in [4.69, 9.17) is 0 Å². The van der Waals surface area contributed by atoms with Crippen molar-refractivity contribution in [1.29, 1.82) is 0 Å². The van der Waals surface area contributed by atoms with E-state index in [0.29, 0.717) is 0 Å². The van der Waals surface area contributed by atoms with Crippen molar-refractivity contribution in [3.8, 4) is 0 Å². The van der Waals surface area contributed by atoms with Gasteiger partial charge in [-0.25, -0.2) is 4.21 Å². The van der Waals surface area contributed by atoms with Gasteiger partial charge in [-0.15, -0.1) is 0 Å². The maximum atomic E-state index is 12.0. The molecule has 2 nitrogen and oxygen atoms in total. The van der Waals surface area contributed by atoms with E-state index in [2.05, 4.69) is 32.7 Å². The summed E-state index contributed by atoms with van der Waals surface area (Å²) in [6.45, 7) is 6.46. The molecule has 1 aromatic rings. The van der Waals surface area contributed by atoms with Gasteiger partial charge < -0.3 is 4.31 Å². The molecule has 0 spiro atoms. The molecular formula is C13H21NOS. The van der Waals surface area contributed by atoms with Crippen LogP contribution in [0.4, 0.5) is 5.69 Å². The normalized spacial score (nSPS) is 15.6. The monoisotopic (exact) mass is 239 g/mol. The molecule has 0 saturated carbocycles. The van der Waals surface area contributed by atoms with Gasteiger partial charge in [-0.3, -0.25) is 0 Å². The van der Waals surface area contributed by atoms with Crippen LogP contribution in [0.3, 0.4) is 0 Å². The highest BCUT2D eigenvalue weighted by atomic mass is 32.2. The van der Waals surface area contributed by atoms with Gasteiger partial charge in [-0.2, -0.15) is 0 Å². The highest BCUT2D eigenvalue weighted by Crippen LogP contribution is 2.32. The van der Waals surface area contributed by atoms with Crippen LogP contribution in [-0.2, 0) is 15.1 Å². The van der Waals surface area contributed by atoms with Crippen molar-refractivity contribution in [2.45, 2.75) is 26.2 Å². The Hall–Kier alpha value is -0.960. The number of hydrogen-bond donors (Lipinski definition) is 0. The highest BCUT2D eigenvalue weighted by molar-refractivity contribution is 8.00. The van der Waals surface area contributed by atoms with Crippen molar-refractivity contribution in [1.82, 2.24) is 0 Å². The first-order valence-electron chi connectivity index (χ1n) is 5.29. The molecule has 1 atom stereocenters. The van der Waals surface area contributed by atoms with Crippen LogP contribution in [0.5, 0.6) is 0 Å². The van der Waals surface area contributed by atoms with E-state index in [0.717, 1.165) is 5.69 Å². The lowest BCUT2D eigenvalue weighted by Crippen LogP contribution is -2.28. The zero-order valence-electron chi connectivity index (χ0n) is 10.8. The summed E-state index contributed by atoms with van der Waals surface area (Å²) < 4.78 is 13.8. The molecule has 0 fully saturated rings. The molecule has 1 aromatic carbocycles. The van der Waals surface area contributed by atoms with E-state index in [-0.39, 0.29) is 5.41 Å². The SMILES string of the molecule is C=S(C)(=O)N(C)c1ccccc1C(C)(C)C. The molecule has 0 aliphatic carbocycles. The Bertz CT molecular complexity index is 469. The van der Waals surface area contributed by atoms with Crippen LogP contribution >= 0.6 is 0 Å². The van der Waals surface area contributed by atoms with Gasteiger partial charge in [0.2, 0.25) is 0 Å². The van der Waals surface area contributed by atoms with Crippen LogP contribution in [0.15, 0.2) is 24.3 Å². The summed E-state index contributed by atoms with van der Waals surface area (Å²) in [5.74, 6) is 3.72. The van der Waals surface area contributed by atoms with E-state index < -0.39 is 9.71 Å². The molecule has 0 aliphatic heterocycles. The lowest BCUT2D eigenvalue weighted by atomic mass is 9.86. The quantitative estimate of drug-likeness (QED) is 0.727. The van der Waals surface area contributed by atoms with Crippen molar-refractivity contribution in [3.05, 3.63) is 29.8 Å². The zero-order chi connectivity index (χ0) is 12.6. The first-order valence-corrected chi connectivity index (χ1v) is 7.39. The predicted octanol–water partition coefficient (Wildman–Crippen LogP) is 2.68. The Labute approximate surface area is 99.4 Å². The van der Waals surface area contributed by atoms with Gasteiger partial charge in [0.25, 0.3) is 0 Å². The van der Waals surface area contributed by atoms with Gasteiger partial charge in [-0.05, 0) is 22.9 Å². The van der Waals surface area contributed by atoms with Crippen LogP contribution in [0.2, 0.25) is 0 Å². The average molecular weight is 239 g/mol. The second-order valence-corrected chi connectivity index (χ2v) is 7.69. The fraction of sp³-hybridized carbons (Fsp3) is 0.462. The summed E-state index contributed by atoms with van der Waals surface area (Å²) in [4.78, 5) is 0. The molecule has 90 valence electrons. The highest BCUT2D eigenvalue weighted by Gasteiger charge is 2.20. The smallest absolute Gasteiger partial charge is 0.0520 e. The first-order chi connectivity index (χ1) is 7.14. The minimum absolute atomic E-state index is 0.0372. The number of nitrogens with zero attached hydrogens (tertiary/aromatic N) is 1. The van der Waals surface area contributed by atoms with Crippen LogP contribution in [0.1, 0.15) is 26.3 Å². The van der Waals surface area contributed by atoms with Crippen molar-refractivity contribution < 1.29 is 4.21 Å². The van der Waals surface area contributed by atoms with Gasteiger partial charge in [0.05, 0.1) is 5.69 Å². The Morgan fingerprint density at radius 2 is 1.75 bits per heavy atom. The van der Waals surface area contributed by atoms with Crippen molar-refractivity contribution in [3.63, 3.8) is 0 Å². The van der Waals surface area contributed by atoms with Crippen LogP contribution < -0.4 is 4.31 Å². The third kappa shape index (κ3) is 2.79. The summed E-state index contributed by atoms with van der Waals surface area (Å²) in [5, 5.41) is 0. The third-order valence-electron chi connectivity index (χ3n) is 2.63. The summed E-state index contributed by atoms with van der Waals surface area (Å²) >= 11 is 0. The molecule has 1 unspecified atom stereocenters. The van der Waals surface area contributed by atoms with Gasteiger partial charge in [0.15, 0.2) is 0 Å². The van der Waals surface area contributed by atoms with E-state index >= 15 is 0 Å². The fourth-order valence-electron chi connectivity index (χ4n) is 1.59. The first kappa shape index (κ1) is 13.1. The average Bonchev–Trinajstić information content (AvgIpc) is 2.14. The third-order valence-corrected chi connectivity index (χ3v) is 3.99. The molecule has 0 aromatic heterocycles. The lowest BCUT2D eigenvalue weighted by Gasteiger charge is -2.29. The van der Waals surface area contributed by atoms with E-state index in [1.54, 1.807) is 10.6 Å². The summed E-state index contributed by atoms with van der Waals surface area (Å²) in [5.41, 5.74) is 2.23. The summed E-state index contributed by atoms with van der Waals surface area (Å²) in [6, 6.07) is 8.05. The van der Waals surface area contributed by atoms with Gasteiger partial charge >= 0.3 is 0 Å². The van der Waals surface area contributed by atoms with Gasteiger partial charge in [0, 0.05) is 23.0 Å². The van der Waals surface area contributed by atoms with E-state index in [1.807, 2.05) is 25.2 Å². The maximum absolute atomic E-state index is 12.0. The number of benzene rings is 1. The number of rotatable bonds is 2. The van der Waals surface area contributed by atoms with E-state index in [1.165, 1.54) is 5.56 Å². The number of anilines is 1. The lowest BCUT2D eigenvalue weighted by molar-refractivity contribution is 0.591. The fourth-order valence-corrected chi connectivity index (χ4v) is 2.17. The van der Waals surface area contributed by atoms with Crippen LogP contribution in [0.25, 0.3) is 0 Å². The Morgan fingerprint density at radius 1 is 1.25 bits per heavy atom. The predicted molar refractivity (Wildman–Crippen MR) is 74.7 cm³/mol. The minimum Gasteiger partial charge on any atom is -0.303 e. The van der Waals surface area contributed by atoms with Crippen molar-refractivity contribution in [2.75, 3.05) is 17.6 Å². The van der Waals surface area contributed by atoms with Crippen molar-refractivity contribution in [2.24, 2.45) is 0 Å². The molecule has 0 aliphatic rings. The summed E-state index contributed by atoms with van der Waals surface area (Å²) in [7, 11) is -0.372.